The molecule has 0 aromatic heterocycles. The van der Waals surface area contributed by atoms with Crippen LogP contribution in [0.4, 0.5) is 21.5 Å². The first-order valence-corrected chi connectivity index (χ1v) is 9.73. The van der Waals surface area contributed by atoms with Crippen molar-refractivity contribution in [2.24, 2.45) is 0 Å². The number of carbonyl (C=O) groups is 3. The minimum atomic E-state index is -0.841. The van der Waals surface area contributed by atoms with Gasteiger partial charge in [-0.15, -0.1) is 0 Å². The monoisotopic (exact) mass is 451 g/mol. The van der Waals surface area contributed by atoms with Crippen LogP contribution in [0, 0.1) is 5.82 Å². The van der Waals surface area contributed by atoms with Crippen LogP contribution in [-0.4, -0.2) is 22.8 Å². The maximum absolute atomic E-state index is 14.1. The van der Waals surface area contributed by atoms with Gasteiger partial charge in [0.15, 0.2) is 0 Å². The van der Waals surface area contributed by atoms with Gasteiger partial charge in [0.2, 0.25) is 0 Å². The van der Waals surface area contributed by atoms with Gasteiger partial charge in [-0.05, 0) is 48.5 Å². The molecule has 0 bridgehead atoms. The van der Waals surface area contributed by atoms with Gasteiger partial charge in [-0.3, -0.25) is 14.4 Å². The van der Waals surface area contributed by atoms with Crippen LogP contribution < -0.4 is 15.5 Å². The van der Waals surface area contributed by atoms with Crippen molar-refractivity contribution in [2.45, 2.75) is 0 Å². The first-order chi connectivity index (χ1) is 15.3. The van der Waals surface area contributed by atoms with Gasteiger partial charge in [0.05, 0.1) is 5.69 Å². The number of nitrogens with zero attached hydrogens (tertiary/aromatic N) is 1. The summed E-state index contributed by atoms with van der Waals surface area (Å²) in [5.41, 5.74) is 0.745. The van der Waals surface area contributed by atoms with E-state index in [4.69, 9.17) is 11.6 Å². The third-order valence-electron chi connectivity index (χ3n) is 4.64. The molecule has 0 radical (unpaired) electrons. The summed E-state index contributed by atoms with van der Waals surface area (Å²) in [6.07, 6.45) is 0. The molecule has 9 heteroatoms. The van der Waals surface area contributed by atoms with Gasteiger partial charge in [-0.1, -0.05) is 29.8 Å². The molecule has 160 valence electrons. The Morgan fingerprint density at radius 2 is 1.62 bits per heavy atom. The molecule has 0 fully saturated rings. The summed E-state index contributed by atoms with van der Waals surface area (Å²) in [5, 5.41) is 14.5. The number of phenolic OH excluding ortho intramolecular Hbond substituents is 1. The molecule has 3 amide bonds. The number of aromatic hydroxyl groups is 1. The summed E-state index contributed by atoms with van der Waals surface area (Å²) in [5.74, 6) is -2.76. The summed E-state index contributed by atoms with van der Waals surface area (Å²) in [7, 11) is 0. The normalized spacial score (nSPS) is 13.5. The summed E-state index contributed by atoms with van der Waals surface area (Å²) in [4.78, 5) is 38.2. The molecule has 7 nitrogen and oxygen atoms in total. The zero-order valence-corrected chi connectivity index (χ0v) is 17.1. The molecule has 3 N–H and O–H groups in total. The van der Waals surface area contributed by atoms with Crippen molar-refractivity contribution in [3.05, 3.63) is 94.9 Å². The molecule has 0 spiro atoms. The van der Waals surface area contributed by atoms with Crippen molar-refractivity contribution in [1.29, 1.82) is 0 Å². The number of nitrogens with one attached hydrogen (secondary N) is 2. The Bertz CT molecular complexity index is 1270. The van der Waals surface area contributed by atoms with Gasteiger partial charge in [-0.2, -0.15) is 0 Å². The molecule has 3 aromatic carbocycles. The molecule has 3 aromatic rings. The highest BCUT2D eigenvalue weighted by molar-refractivity contribution is 6.53. The Hall–Kier alpha value is -4.17. The summed E-state index contributed by atoms with van der Waals surface area (Å²) in [6.45, 7) is 0. The van der Waals surface area contributed by atoms with E-state index in [1.807, 2.05) is 0 Å². The molecule has 32 heavy (non-hydrogen) atoms. The van der Waals surface area contributed by atoms with E-state index in [1.54, 1.807) is 12.1 Å². The number of hydrogen-bond donors (Lipinski definition) is 3. The van der Waals surface area contributed by atoms with Crippen LogP contribution in [0.3, 0.4) is 0 Å². The molecule has 1 aliphatic rings. The Kier molecular flexibility index (Phi) is 5.61. The second-order valence-corrected chi connectivity index (χ2v) is 7.17. The fraction of sp³-hybridized carbons (Fsp3) is 0. The third kappa shape index (κ3) is 4.03. The van der Waals surface area contributed by atoms with Crippen molar-refractivity contribution >= 4 is 46.4 Å². The number of hydrogen-bond acceptors (Lipinski definition) is 5. The zero-order valence-electron chi connectivity index (χ0n) is 16.3. The molecule has 0 aliphatic carbocycles. The van der Waals surface area contributed by atoms with Gasteiger partial charge >= 0.3 is 0 Å². The topological polar surface area (TPSA) is 98.7 Å². The molecule has 4 rings (SSSR count). The summed E-state index contributed by atoms with van der Waals surface area (Å²) < 4.78 is 14.1. The van der Waals surface area contributed by atoms with Crippen LogP contribution in [0.2, 0.25) is 0 Å². The lowest BCUT2D eigenvalue weighted by Crippen LogP contribution is -2.33. The number of anilines is 3. The van der Waals surface area contributed by atoms with Crippen molar-refractivity contribution in [3.8, 4) is 5.75 Å². The minimum absolute atomic E-state index is 0.0210. The molecule has 0 unspecified atom stereocenters. The summed E-state index contributed by atoms with van der Waals surface area (Å²) in [6, 6.07) is 17.6. The van der Waals surface area contributed by atoms with Crippen molar-refractivity contribution < 1.29 is 23.9 Å². The maximum Gasteiger partial charge on any atom is 0.283 e. The number of halogens is 2. The van der Waals surface area contributed by atoms with Gasteiger partial charge in [0.25, 0.3) is 17.7 Å². The van der Waals surface area contributed by atoms with E-state index in [1.165, 1.54) is 54.6 Å². The maximum atomic E-state index is 14.1. The third-order valence-corrected chi connectivity index (χ3v) is 4.99. The highest BCUT2D eigenvalue weighted by atomic mass is 35.5. The van der Waals surface area contributed by atoms with Crippen LogP contribution in [0.1, 0.15) is 10.4 Å². The Balaban J connectivity index is 1.49. The predicted octanol–water partition coefficient (Wildman–Crippen LogP) is 4.22. The number of benzene rings is 3. The molecule has 0 saturated carbocycles. The van der Waals surface area contributed by atoms with E-state index in [2.05, 4.69) is 10.6 Å². The van der Waals surface area contributed by atoms with Gasteiger partial charge < -0.3 is 15.7 Å². The number of imide groups is 1. The second kappa shape index (κ2) is 8.52. The number of carbonyl (C=O) groups excluding carboxylic acids is 3. The van der Waals surface area contributed by atoms with Crippen LogP contribution in [0.25, 0.3) is 0 Å². The van der Waals surface area contributed by atoms with Crippen LogP contribution in [-0.2, 0) is 9.59 Å². The van der Waals surface area contributed by atoms with E-state index in [0.717, 1.165) is 6.07 Å². The molecule has 1 aliphatic heterocycles. The van der Waals surface area contributed by atoms with Gasteiger partial charge in [0.1, 0.15) is 22.3 Å². The molecular weight excluding hydrogens is 437 g/mol. The predicted molar refractivity (Wildman–Crippen MR) is 118 cm³/mol. The van der Waals surface area contributed by atoms with E-state index in [9.17, 15) is 23.9 Å². The van der Waals surface area contributed by atoms with Crippen molar-refractivity contribution in [1.82, 2.24) is 0 Å². The fourth-order valence-corrected chi connectivity index (χ4v) is 3.31. The zero-order chi connectivity index (χ0) is 22.8. The first-order valence-electron chi connectivity index (χ1n) is 9.35. The van der Waals surface area contributed by atoms with Gasteiger partial charge in [-0.25, -0.2) is 9.29 Å². The Morgan fingerprint density at radius 3 is 2.31 bits per heavy atom. The average molecular weight is 452 g/mol. The quantitative estimate of drug-likeness (QED) is 0.504. The van der Waals surface area contributed by atoms with Crippen LogP contribution in [0.15, 0.2) is 83.5 Å². The average Bonchev–Trinajstić information content (AvgIpc) is 2.98. The highest BCUT2D eigenvalue weighted by Gasteiger charge is 2.40. The van der Waals surface area contributed by atoms with Crippen molar-refractivity contribution in [3.63, 3.8) is 0 Å². The fourth-order valence-electron chi connectivity index (χ4n) is 3.10. The van der Waals surface area contributed by atoms with Crippen molar-refractivity contribution in [2.75, 3.05) is 15.5 Å². The van der Waals surface area contributed by atoms with Crippen LogP contribution >= 0.6 is 11.6 Å². The number of rotatable bonds is 5. The second-order valence-electron chi connectivity index (χ2n) is 6.79. The first kappa shape index (κ1) is 21.1. The number of para-hydroxylation sites is 1. The van der Waals surface area contributed by atoms with Crippen LogP contribution in [0.5, 0.6) is 5.75 Å². The van der Waals surface area contributed by atoms with E-state index in [0.29, 0.717) is 21.8 Å². The van der Waals surface area contributed by atoms with E-state index >= 15 is 0 Å². The molecular formula is C23H15ClFN3O4. The summed E-state index contributed by atoms with van der Waals surface area (Å²) >= 11 is 6.05. The SMILES string of the molecule is O=C(Nc1cccc(O)c1)c1ccc(NC2=C(Cl)C(=O)N(c3ccccc3F)C2=O)cc1. The number of amides is 3. The lowest BCUT2D eigenvalue weighted by atomic mass is 10.2. The van der Waals surface area contributed by atoms with E-state index < -0.39 is 23.5 Å². The smallest absolute Gasteiger partial charge is 0.283 e. The lowest BCUT2D eigenvalue weighted by Gasteiger charge is -2.15. The Morgan fingerprint density at radius 1 is 0.906 bits per heavy atom. The minimum Gasteiger partial charge on any atom is -0.508 e. The Labute approximate surface area is 186 Å². The van der Waals surface area contributed by atoms with E-state index in [-0.39, 0.29) is 22.2 Å². The number of phenols is 1. The highest BCUT2D eigenvalue weighted by Crippen LogP contribution is 2.31. The lowest BCUT2D eigenvalue weighted by molar-refractivity contribution is -0.120. The molecule has 0 atom stereocenters. The standard InChI is InChI=1S/C23H15ClFN3O4/c24-19-20(23(32)28(22(19)31)18-7-2-1-6-17(18)25)26-14-10-8-13(9-11-14)21(30)27-15-4-3-5-16(29)12-15/h1-12,26,29H,(H,27,30). The molecule has 0 saturated heterocycles. The molecule has 1 heterocycles. The van der Waals surface area contributed by atoms with Gasteiger partial charge in [0, 0.05) is 23.0 Å². The largest absolute Gasteiger partial charge is 0.508 e.